The number of hydrogen-bond acceptors (Lipinski definition) is 5. The second-order valence-electron chi connectivity index (χ2n) is 11.3. The lowest BCUT2D eigenvalue weighted by Crippen LogP contribution is -2.49. The summed E-state index contributed by atoms with van der Waals surface area (Å²) in [6, 6.07) is 0. The summed E-state index contributed by atoms with van der Waals surface area (Å²) in [5, 5.41) is 34.9. The van der Waals surface area contributed by atoms with Gasteiger partial charge in [0.15, 0.2) is 5.78 Å². The van der Waals surface area contributed by atoms with Crippen LogP contribution in [0.4, 0.5) is 0 Å². The van der Waals surface area contributed by atoms with Gasteiger partial charge >= 0.3 is 0 Å². The van der Waals surface area contributed by atoms with Crippen LogP contribution in [0.2, 0.25) is 0 Å². The average Bonchev–Trinajstić information content (AvgIpc) is 3.14. The van der Waals surface area contributed by atoms with Crippen LogP contribution in [0.25, 0.3) is 0 Å². The number of amides is 1. The summed E-state index contributed by atoms with van der Waals surface area (Å²) < 4.78 is 0. The fraction of sp³-hybridized carbons (Fsp3) is 0.655. The molecule has 0 aromatic rings. The molecule has 9 atom stereocenters. The summed E-state index contributed by atoms with van der Waals surface area (Å²) in [5.41, 5.74) is -0.954. The number of carbonyl (C=O) groups excluding carboxylic acids is 2. The van der Waals surface area contributed by atoms with Crippen LogP contribution < -0.4 is 5.32 Å². The summed E-state index contributed by atoms with van der Waals surface area (Å²) in [6.07, 6.45) is 13.5. The molecule has 0 aromatic heterocycles. The summed E-state index contributed by atoms with van der Waals surface area (Å²) in [6.45, 7) is 10.2. The Morgan fingerprint density at radius 2 is 1.86 bits per heavy atom. The molecule has 0 spiro atoms. The highest BCUT2D eigenvalue weighted by Gasteiger charge is 2.54. The number of allylic oxidation sites excluding steroid dienone is 5. The fourth-order valence-electron chi connectivity index (χ4n) is 6.77. The van der Waals surface area contributed by atoms with Gasteiger partial charge in [-0.15, -0.1) is 0 Å². The van der Waals surface area contributed by atoms with E-state index < -0.39 is 23.5 Å². The van der Waals surface area contributed by atoms with Crippen LogP contribution in [0.5, 0.6) is 0 Å². The number of aliphatic hydroxyl groups is 3. The van der Waals surface area contributed by atoms with Crippen molar-refractivity contribution in [3.63, 3.8) is 0 Å². The molecule has 1 amide bonds. The van der Waals surface area contributed by atoms with E-state index in [1.807, 2.05) is 32.9 Å². The highest BCUT2D eigenvalue weighted by atomic mass is 16.3. The maximum absolute atomic E-state index is 12.5. The van der Waals surface area contributed by atoms with Crippen LogP contribution in [0.3, 0.4) is 0 Å². The molecule has 0 bridgehead atoms. The van der Waals surface area contributed by atoms with Crippen molar-refractivity contribution < 1.29 is 24.9 Å². The zero-order chi connectivity index (χ0) is 25.9. The summed E-state index contributed by atoms with van der Waals surface area (Å²) in [5.74, 6) is -0.0397. The molecule has 194 valence electrons. The van der Waals surface area contributed by atoms with Crippen LogP contribution >= 0.6 is 0 Å². The van der Waals surface area contributed by atoms with Crippen LogP contribution in [-0.2, 0) is 9.59 Å². The predicted molar refractivity (Wildman–Crippen MR) is 137 cm³/mol. The molecule has 2 fully saturated rings. The number of Topliss-reactive ketones (excluding diaryl/α,β-unsaturated/α-hetero) is 1. The molecule has 35 heavy (non-hydrogen) atoms. The van der Waals surface area contributed by atoms with Crippen LogP contribution in [0, 0.1) is 40.9 Å². The zero-order valence-corrected chi connectivity index (χ0v) is 21.8. The van der Waals surface area contributed by atoms with E-state index in [1.54, 1.807) is 12.2 Å². The lowest BCUT2D eigenvalue weighted by molar-refractivity contribution is -0.118. The first-order chi connectivity index (χ1) is 16.5. The standard InChI is InChI=1S/C29H43NO5/c1-6-23(32)18(3)9-7-8-10-22(31)15-21-12-11-20-14-17(2)13-19(4)26(20)29(21,5)27(34)25-24(33)16-30-28(25)35/h7-12,17-23,26,31-32,34H,6,13-16H2,1-5H3,(H,30,35)/b9-7+,10-8+,27-25-. The van der Waals surface area contributed by atoms with Gasteiger partial charge in [0.1, 0.15) is 11.3 Å². The molecular formula is C29H43NO5. The number of hydrogen-bond donors (Lipinski definition) is 4. The highest BCUT2D eigenvalue weighted by molar-refractivity contribution is 6.25. The van der Waals surface area contributed by atoms with Crippen molar-refractivity contribution in [3.05, 3.63) is 47.8 Å². The fourth-order valence-corrected chi connectivity index (χ4v) is 6.77. The van der Waals surface area contributed by atoms with Gasteiger partial charge in [0, 0.05) is 11.3 Å². The number of fused-ring (bicyclic) bond motifs is 1. The summed E-state index contributed by atoms with van der Waals surface area (Å²) >= 11 is 0. The van der Waals surface area contributed by atoms with Crippen molar-refractivity contribution in [2.75, 3.05) is 6.54 Å². The molecular weight excluding hydrogens is 442 g/mol. The molecule has 2 aliphatic carbocycles. The number of nitrogens with one attached hydrogen (secondary N) is 1. The lowest BCUT2D eigenvalue weighted by Gasteiger charge is -2.54. The topological polar surface area (TPSA) is 107 Å². The molecule has 1 saturated heterocycles. The Morgan fingerprint density at radius 3 is 2.49 bits per heavy atom. The predicted octanol–water partition coefficient (Wildman–Crippen LogP) is 4.26. The normalized spacial score (nSPS) is 37.4. The highest BCUT2D eigenvalue weighted by Crippen LogP contribution is 2.58. The SMILES string of the molecule is CCC(O)C(C)/C=C/C=C/C(O)CC1C=CC2CC(C)CC(C)C2C1(C)/C(O)=C1\C(=O)CNC1=O. The van der Waals surface area contributed by atoms with Crippen molar-refractivity contribution in [1.82, 2.24) is 5.32 Å². The molecule has 6 heteroatoms. The van der Waals surface area contributed by atoms with Gasteiger partial charge in [-0.2, -0.15) is 0 Å². The van der Waals surface area contributed by atoms with E-state index in [0.717, 1.165) is 12.8 Å². The van der Waals surface area contributed by atoms with Gasteiger partial charge in [-0.05, 0) is 55.3 Å². The second kappa shape index (κ2) is 11.3. The second-order valence-corrected chi connectivity index (χ2v) is 11.3. The maximum atomic E-state index is 12.5. The van der Waals surface area contributed by atoms with Crippen LogP contribution in [0.1, 0.15) is 60.3 Å². The largest absolute Gasteiger partial charge is 0.511 e. The quantitative estimate of drug-likeness (QED) is 0.135. The Balaban J connectivity index is 1.90. The zero-order valence-electron chi connectivity index (χ0n) is 21.8. The van der Waals surface area contributed by atoms with E-state index >= 15 is 0 Å². The van der Waals surface area contributed by atoms with E-state index in [0.29, 0.717) is 24.7 Å². The molecule has 4 N–H and O–H groups in total. The Hall–Kier alpha value is -2.18. The Bertz CT molecular complexity index is 900. The van der Waals surface area contributed by atoms with Crippen molar-refractivity contribution in [2.45, 2.75) is 72.5 Å². The minimum atomic E-state index is -0.837. The van der Waals surface area contributed by atoms with E-state index in [-0.39, 0.29) is 47.3 Å². The number of ketones is 1. The first kappa shape index (κ1) is 27.4. The molecule has 3 rings (SSSR count). The van der Waals surface area contributed by atoms with Gasteiger partial charge in [0.2, 0.25) is 0 Å². The Labute approximate surface area is 209 Å². The first-order valence-corrected chi connectivity index (χ1v) is 13.1. The van der Waals surface area contributed by atoms with Gasteiger partial charge in [-0.3, -0.25) is 9.59 Å². The molecule has 3 aliphatic rings. The van der Waals surface area contributed by atoms with E-state index in [4.69, 9.17) is 0 Å². The van der Waals surface area contributed by atoms with Gasteiger partial charge in [-0.1, -0.05) is 71.1 Å². The Morgan fingerprint density at radius 1 is 1.17 bits per heavy atom. The van der Waals surface area contributed by atoms with Crippen LogP contribution in [0.15, 0.2) is 47.8 Å². The summed E-state index contributed by atoms with van der Waals surface area (Å²) in [7, 11) is 0. The van der Waals surface area contributed by atoms with Gasteiger partial charge in [0.05, 0.1) is 18.8 Å². The minimum Gasteiger partial charge on any atom is -0.511 e. The van der Waals surface area contributed by atoms with Crippen molar-refractivity contribution >= 4 is 11.7 Å². The van der Waals surface area contributed by atoms with Gasteiger partial charge in [0.25, 0.3) is 5.91 Å². The number of aliphatic hydroxyl groups excluding tert-OH is 3. The third kappa shape index (κ3) is 5.64. The third-order valence-electron chi connectivity index (χ3n) is 8.62. The van der Waals surface area contributed by atoms with Crippen molar-refractivity contribution in [2.24, 2.45) is 40.9 Å². The number of rotatable bonds is 8. The molecule has 0 aromatic carbocycles. The molecule has 1 heterocycles. The van der Waals surface area contributed by atoms with Crippen molar-refractivity contribution in [1.29, 1.82) is 0 Å². The van der Waals surface area contributed by atoms with E-state index in [2.05, 4.69) is 31.3 Å². The number of carbonyl (C=O) groups is 2. The van der Waals surface area contributed by atoms with E-state index in [9.17, 15) is 24.9 Å². The van der Waals surface area contributed by atoms with E-state index in [1.165, 1.54) is 0 Å². The van der Waals surface area contributed by atoms with Gasteiger partial charge < -0.3 is 20.6 Å². The Kier molecular flexibility index (Phi) is 8.81. The lowest BCUT2D eigenvalue weighted by atomic mass is 9.50. The monoisotopic (exact) mass is 485 g/mol. The molecule has 0 radical (unpaired) electrons. The molecule has 9 unspecified atom stereocenters. The van der Waals surface area contributed by atoms with Crippen LogP contribution in [-0.4, -0.2) is 45.8 Å². The smallest absolute Gasteiger partial charge is 0.258 e. The third-order valence-corrected chi connectivity index (χ3v) is 8.62. The maximum Gasteiger partial charge on any atom is 0.258 e. The molecule has 6 nitrogen and oxygen atoms in total. The molecule has 1 aliphatic heterocycles. The van der Waals surface area contributed by atoms with Gasteiger partial charge in [-0.25, -0.2) is 0 Å². The molecule has 1 saturated carbocycles. The summed E-state index contributed by atoms with van der Waals surface area (Å²) in [4.78, 5) is 25.0. The van der Waals surface area contributed by atoms with Crippen molar-refractivity contribution in [3.8, 4) is 0 Å². The first-order valence-electron chi connectivity index (χ1n) is 13.1. The minimum absolute atomic E-state index is 0.0251. The average molecular weight is 486 g/mol.